The van der Waals surface area contributed by atoms with Gasteiger partial charge in [0, 0.05) is 0 Å². The van der Waals surface area contributed by atoms with Gasteiger partial charge in [0.05, 0.1) is 12.7 Å². The van der Waals surface area contributed by atoms with Crippen LogP contribution < -0.4 is 0 Å². The number of aliphatic hydroxyl groups is 5. The number of fused-ring (bicyclic) bond motifs is 7. The fourth-order valence-corrected chi connectivity index (χ4v) is 14.3. The highest BCUT2D eigenvalue weighted by Gasteiger charge is 2.70. The van der Waals surface area contributed by atoms with E-state index in [-0.39, 0.29) is 27.8 Å². The Bertz CT molecular complexity index is 1390. The molecule has 7 fully saturated rings. The van der Waals surface area contributed by atoms with E-state index in [1.165, 1.54) is 44.1 Å². The van der Waals surface area contributed by atoms with Gasteiger partial charge < -0.3 is 49.6 Å². The van der Waals surface area contributed by atoms with Crippen molar-refractivity contribution in [1.82, 2.24) is 0 Å². The summed E-state index contributed by atoms with van der Waals surface area (Å²) in [5.41, 5.74) is 2.02. The standard InChI is InChI=1S/C41H66O11/c1-20(2)21-11-14-38(5)17-18-40(7)22(27(21)38)9-10-25-39(6)15-13-26(37(3,4)24(39)12-16-41(25,40)8)50-36-31(46)29(44)32(33(52-36)34(47)48)51-35-30(45)28(43)23(19-42)49-35/h21-33,35-36,42-46H,1,9-19H2,2-8H3,(H,47,48). The molecule has 0 aromatic heterocycles. The zero-order valence-electron chi connectivity index (χ0n) is 32.4. The number of ether oxygens (including phenoxy) is 4. The molecule has 19 unspecified atom stereocenters. The molecular weight excluding hydrogens is 668 g/mol. The molecular formula is C41H66O11. The zero-order valence-corrected chi connectivity index (χ0v) is 32.4. The molecule has 2 aliphatic heterocycles. The van der Waals surface area contributed by atoms with Gasteiger partial charge in [-0.3, -0.25) is 0 Å². The van der Waals surface area contributed by atoms with Crippen LogP contribution in [0.3, 0.4) is 0 Å². The third-order valence-corrected chi connectivity index (χ3v) is 17.3. The molecule has 7 aliphatic rings. The minimum atomic E-state index is -1.76. The monoisotopic (exact) mass is 734 g/mol. The van der Waals surface area contributed by atoms with Crippen LogP contribution in [-0.2, 0) is 23.7 Å². The van der Waals surface area contributed by atoms with Crippen molar-refractivity contribution in [3.05, 3.63) is 12.2 Å². The average Bonchev–Trinajstić information content (AvgIpc) is 3.57. The molecule has 2 heterocycles. The average molecular weight is 735 g/mol. The highest BCUT2D eigenvalue weighted by molar-refractivity contribution is 5.73. The van der Waals surface area contributed by atoms with Gasteiger partial charge in [0.25, 0.3) is 0 Å². The molecule has 7 rings (SSSR count). The molecule has 5 saturated carbocycles. The summed E-state index contributed by atoms with van der Waals surface area (Å²) in [6.07, 6.45) is -2.78. The van der Waals surface area contributed by atoms with E-state index >= 15 is 0 Å². The summed E-state index contributed by atoms with van der Waals surface area (Å²) >= 11 is 0. The molecule has 11 heteroatoms. The molecule has 296 valence electrons. The molecule has 0 amide bonds. The van der Waals surface area contributed by atoms with Gasteiger partial charge in [0.2, 0.25) is 0 Å². The van der Waals surface area contributed by atoms with Crippen LogP contribution in [0.2, 0.25) is 0 Å². The molecule has 0 bridgehead atoms. The Hall–Kier alpha value is -1.15. The van der Waals surface area contributed by atoms with Crippen molar-refractivity contribution >= 4 is 5.97 Å². The topological polar surface area (TPSA) is 175 Å². The fourth-order valence-electron chi connectivity index (χ4n) is 14.3. The molecule has 19 atom stereocenters. The second-order valence-corrected chi connectivity index (χ2v) is 19.9. The Morgan fingerprint density at radius 3 is 2.06 bits per heavy atom. The van der Waals surface area contributed by atoms with Crippen molar-refractivity contribution in [1.29, 1.82) is 0 Å². The maximum Gasteiger partial charge on any atom is 0.335 e. The van der Waals surface area contributed by atoms with Gasteiger partial charge in [0.15, 0.2) is 18.7 Å². The Morgan fingerprint density at radius 2 is 1.42 bits per heavy atom. The summed E-state index contributed by atoms with van der Waals surface area (Å²) in [5.74, 6) is 1.51. The first-order valence-corrected chi connectivity index (χ1v) is 20.1. The van der Waals surface area contributed by atoms with E-state index in [4.69, 9.17) is 18.9 Å². The van der Waals surface area contributed by atoms with Gasteiger partial charge in [-0.25, -0.2) is 4.79 Å². The summed E-state index contributed by atoms with van der Waals surface area (Å²) in [6.45, 7) is 21.0. The summed E-state index contributed by atoms with van der Waals surface area (Å²) in [6, 6.07) is 0. The van der Waals surface area contributed by atoms with Gasteiger partial charge >= 0.3 is 5.97 Å². The second-order valence-electron chi connectivity index (χ2n) is 19.9. The van der Waals surface area contributed by atoms with Crippen LogP contribution in [0.1, 0.15) is 113 Å². The van der Waals surface area contributed by atoms with Crippen LogP contribution in [0.25, 0.3) is 0 Å². The number of aliphatic hydroxyl groups excluding tert-OH is 5. The van der Waals surface area contributed by atoms with Gasteiger partial charge in [0.1, 0.15) is 36.6 Å². The quantitative estimate of drug-likeness (QED) is 0.162. The smallest absolute Gasteiger partial charge is 0.335 e. The summed E-state index contributed by atoms with van der Waals surface area (Å²) in [7, 11) is 0. The predicted molar refractivity (Wildman–Crippen MR) is 190 cm³/mol. The fraction of sp³-hybridized carbons (Fsp3) is 0.927. The van der Waals surface area contributed by atoms with E-state index < -0.39 is 67.9 Å². The van der Waals surface area contributed by atoms with Crippen LogP contribution in [0, 0.1) is 56.7 Å². The van der Waals surface area contributed by atoms with Crippen molar-refractivity contribution in [2.45, 2.75) is 174 Å². The Morgan fingerprint density at radius 1 is 0.750 bits per heavy atom. The number of aliphatic carboxylic acids is 1. The van der Waals surface area contributed by atoms with Crippen molar-refractivity contribution in [3.63, 3.8) is 0 Å². The number of rotatable bonds is 7. The maximum atomic E-state index is 12.4. The minimum Gasteiger partial charge on any atom is -0.479 e. The number of carbonyl (C=O) groups is 1. The molecule has 2 saturated heterocycles. The van der Waals surface area contributed by atoms with Gasteiger partial charge in [-0.2, -0.15) is 0 Å². The Kier molecular flexibility index (Phi) is 9.94. The number of carboxylic acid groups (broad SMARTS) is 1. The second kappa shape index (κ2) is 13.2. The largest absolute Gasteiger partial charge is 0.479 e. The molecule has 0 aromatic rings. The Balaban J connectivity index is 1.08. The van der Waals surface area contributed by atoms with Crippen LogP contribution in [0.15, 0.2) is 12.2 Å². The van der Waals surface area contributed by atoms with Crippen LogP contribution in [-0.4, -0.2) is 105 Å². The van der Waals surface area contributed by atoms with Crippen LogP contribution >= 0.6 is 0 Å². The third-order valence-electron chi connectivity index (χ3n) is 17.3. The molecule has 0 radical (unpaired) electrons. The predicted octanol–water partition coefficient (Wildman–Crippen LogP) is 4.40. The van der Waals surface area contributed by atoms with E-state index in [0.717, 1.165) is 19.3 Å². The van der Waals surface area contributed by atoms with Crippen molar-refractivity contribution in [2.75, 3.05) is 6.61 Å². The molecule has 5 aliphatic carbocycles. The number of carboxylic acids is 1. The van der Waals surface area contributed by atoms with Crippen molar-refractivity contribution in [3.8, 4) is 0 Å². The molecule has 0 spiro atoms. The van der Waals surface area contributed by atoms with E-state index in [0.29, 0.717) is 41.4 Å². The number of hydrogen-bond donors (Lipinski definition) is 6. The van der Waals surface area contributed by atoms with E-state index in [2.05, 4.69) is 55.0 Å². The van der Waals surface area contributed by atoms with Crippen molar-refractivity contribution < 1.29 is 54.4 Å². The van der Waals surface area contributed by atoms with Gasteiger partial charge in [-0.15, -0.1) is 0 Å². The maximum absolute atomic E-state index is 12.4. The first-order chi connectivity index (χ1) is 24.2. The number of allylic oxidation sites excluding steroid dienone is 1. The van der Waals surface area contributed by atoms with E-state index in [1.807, 2.05) is 0 Å². The third kappa shape index (κ3) is 5.56. The Labute approximate surface area is 309 Å². The summed E-state index contributed by atoms with van der Waals surface area (Å²) in [5, 5.41) is 62.5. The lowest BCUT2D eigenvalue weighted by molar-refractivity contribution is -0.343. The highest BCUT2D eigenvalue weighted by Crippen LogP contribution is 2.77. The van der Waals surface area contributed by atoms with Gasteiger partial charge in [-0.1, -0.05) is 53.7 Å². The van der Waals surface area contributed by atoms with E-state index in [9.17, 15) is 35.4 Å². The highest BCUT2D eigenvalue weighted by atomic mass is 16.7. The van der Waals surface area contributed by atoms with Crippen LogP contribution in [0.5, 0.6) is 0 Å². The van der Waals surface area contributed by atoms with Crippen molar-refractivity contribution in [2.24, 2.45) is 56.7 Å². The number of hydrogen-bond acceptors (Lipinski definition) is 10. The zero-order chi connectivity index (χ0) is 37.9. The molecule has 0 aromatic carbocycles. The molecule has 6 N–H and O–H groups in total. The lowest BCUT2D eigenvalue weighted by atomic mass is 9.32. The molecule has 52 heavy (non-hydrogen) atoms. The summed E-state index contributed by atoms with van der Waals surface area (Å²) in [4.78, 5) is 12.4. The molecule has 11 nitrogen and oxygen atoms in total. The summed E-state index contributed by atoms with van der Waals surface area (Å²) < 4.78 is 23.4. The normalized spacial score (nSPS) is 55.5. The van der Waals surface area contributed by atoms with Gasteiger partial charge in [-0.05, 0) is 128 Å². The lowest BCUT2D eigenvalue weighted by Gasteiger charge is -2.73. The lowest BCUT2D eigenvalue weighted by Crippen LogP contribution is -2.67. The van der Waals surface area contributed by atoms with E-state index in [1.54, 1.807) is 0 Å². The first-order valence-electron chi connectivity index (χ1n) is 20.1. The van der Waals surface area contributed by atoms with Crippen LogP contribution in [0.4, 0.5) is 0 Å². The minimum absolute atomic E-state index is 0.0850. The first kappa shape index (κ1) is 39.1. The SMILES string of the molecule is C=C(C)C1CCC2(C)CCC3(C)C(CCC4C5(C)CCC(OC6OC(C(=O)O)C(OC7OC(CO)C(O)C7O)C(O)C6O)C(C)(C)C5CCC43C)C12.